The molecule has 2 fully saturated rings. The summed E-state index contributed by atoms with van der Waals surface area (Å²) in [5.41, 5.74) is 1.02. The number of carbonyl (C=O) groups is 3. The van der Waals surface area contributed by atoms with Crippen LogP contribution >= 0.6 is 0 Å². The molecular formula is C21H25N3O3. The van der Waals surface area contributed by atoms with Gasteiger partial charge in [-0.2, -0.15) is 0 Å². The van der Waals surface area contributed by atoms with E-state index in [0.717, 1.165) is 30.4 Å². The first-order valence-corrected chi connectivity index (χ1v) is 9.74. The molecule has 3 aliphatic rings. The van der Waals surface area contributed by atoms with E-state index in [4.69, 9.17) is 0 Å². The highest BCUT2D eigenvalue weighted by atomic mass is 16.2. The minimum Gasteiger partial charge on any atom is -0.339 e. The first-order valence-electron chi connectivity index (χ1n) is 9.74. The van der Waals surface area contributed by atoms with Crippen LogP contribution in [0.1, 0.15) is 37.7 Å². The Hall–Kier alpha value is -2.63. The molecule has 142 valence electrons. The standard InChI is InChI=1S/C21H25N3O3/c25-18(16-8-4-5-9-16)24-12-10-17(11-13-24)21(19(26)22-20(27)23-21)14-15-6-2-1-3-7-15/h1-3,6-8,17H,4-5,9-14H2,(H2,22,23,26,27). The van der Waals surface area contributed by atoms with Crippen LogP contribution in [0, 0.1) is 5.92 Å². The lowest BCUT2D eigenvalue weighted by molar-refractivity contribution is -0.130. The molecule has 2 saturated heterocycles. The molecule has 0 aromatic heterocycles. The van der Waals surface area contributed by atoms with E-state index in [0.29, 0.717) is 32.4 Å². The van der Waals surface area contributed by atoms with E-state index in [-0.39, 0.29) is 17.7 Å². The van der Waals surface area contributed by atoms with Gasteiger partial charge >= 0.3 is 6.03 Å². The average Bonchev–Trinajstić information content (AvgIpc) is 3.31. The molecule has 0 saturated carbocycles. The largest absolute Gasteiger partial charge is 0.339 e. The predicted molar refractivity (Wildman–Crippen MR) is 101 cm³/mol. The number of allylic oxidation sites excluding steroid dienone is 1. The number of likely N-dealkylation sites (tertiary alicyclic amines) is 1. The maximum absolute atomic E-state index is 12.8. The van der Waals surface area contributed by atoms with Crippen LogP contribution in [0.3, 0.4) is 0 Å². The van der Waals surface area contributed by atoms with E-state index in [1.54, 1.807) is 0 Å². The fourth-order valence-corrected chi connectivity index (χ4v) is 4.62. The highest BCUT2D eigenvalue weighted by Crippen LogP contribution is 2.34. The molecule has 27 heavy (non-hydrogen) atoms. The van der Waals surface area contributed by atoms with Crippen molar-refractivity contribution in [3.05, 3.63) is 47.5 Å². The summed E-state index contributed by atoms with van der Waals surface area (Å²) in [5, 5.41) is 5.35. The normalized spacial score (nSPS) is 25.9. The summed E-state index contributed by atoms with van der Waals surface area (Å²) in [6.07, 6.45) is 6.85. The van der Waals surface area contributed by atoms with E-state index < -0.39 is 11.6 Å². The van der Waals surface area contributed by atoms with Gasteiger partial charge in [0.05, 0.1) is 0 Å². The molecule has 1 aromatic carbocycles. The zero-order valence-corrected chi connectivity index (χ0v) is 15.4. The van der Waals surface area contributed by atoms with Gasteiger partial charge in [-0.25, -0.2) is 4.79 Å². The second-order valence-electron chi connectivity index (χ2n) is 7.73. The Bertz CT molecular complexity index is 781. The van der Waals surface area contributed by atoms with Crippen LogP contribution in [0.5, 0.6) is 0 Å². The van der Waals surface area contributed by atoms with Gasteiger partial charge in [-0.05, 0) is 43.6 Å². The third kappa shape index (κ3) is 3.36. The zero-order chi connectivity index (χ0) is 18.9. The minimum atomic E-state index is -0.930. The van der Waals surface area contributed by atoms with E-state index >= 15 is 0 Å². The molecule has 0 radical (unpaired) electrons. The van der Waals surface area contributed by atoms with Gasteiger partial charge in [-0.15, -0.1) is 0 Å². The number of amides is 4. The van der Waals surface area contributed by atoms with Crippen molar-refractivity contribution in [3.63, 3.8) is 0 Å². The van der Waals surface area contributed by atoms with Gasteiger partial charge < -0.3 is 10.2 Å². The van der Waals surface area contributed by atoms with Crippen molar-refractivity contribution in [2.45, 2.75) is 44.1 Å². The summed E-state index contributed by atoms with van der Waals surface area (Å²) >= 11 is 0. The maximum Gasteiger partial charge on any atom is 0.322 e. The molecule has 6 heteroatoms. The van der Waals surface area contributed by atoms with Gasteiger partial charge in [-0.1, -0.05) is 36.4 Å². The number of rotatable bonds is 4. The summed E-state index contributed by atoms with van der Waals surface area (Å²) < 4.78 is 0. The van der Waals surface area contributed by atoms with E-state index in [2.05, 4.69) is 16.7 Å². The molecule has 1 unspecified atom stereocenters. The molecule has 1 aromatic rings. The van der Waals surface area contributed by atoms with Gasteiger partial charge in [-0.3, -0.25) is 14.9 Å². The number of benzene rings is 1. The average molecular weight is 367 g/mol. The molecule has 0 bridgehead atoms. The van der Waals surface area contributed by atoms with Gasteiger partial charge in [0, 0.05) is 25.1 Å². The highest BCUT2D eigenvalue weighted by molar-refractivity contribution is 6.07. The summed E-state index contributed by atoms with van der Waals surface area (Å²) in [6.45, 7) is 1.25. The smallest absolute Gasteiger partial charge is 0.322 e. The zero-order valence-electron chi connectivity index (χ0n) is 15.4. The van der Waals surface area contributed by atoms with E-state index in [9.17, 15) is 14.4 Å². The fourth-order valence-electron chi connectivity index (χ4n) is 4.62. The van der Waals surface area contributed by atoms with Crippen molar-refractivity contribution in [1.29, 1.82) is 0 Å². The Morgan fingerprint density at radius 2 is 1.89 bits per heavy atom. The lowest BCUT2D eigenvalue weighted by Crippen LogP contribution is -2.58. The van der Waals surface area contributed by atoms with Gasteiger partial charge in [0.25, 0.3) is 5.91 Å². The number of piperidine rings is 1. The number of imide groups is 1. The molecule has 4 rings (SSSR count). The topological polar surface area (TPSA) is 78.5 Å². The van der Waals surface area contributed by atoms with Crippen molar-refractivity contribution in [3.8, 4) is 0 Å². The first kappa shape index (κ1) is 17.8. The summed E-state index contributed by atoms with van der Waals surface area (Å²) in [4.78, 5) is 39.2. The number of nitrogens with one attached hydrogen (secondary N) is 2. The Kier molecular flexibility index (Phi) is 4.72. The van der Waals surface area contributed by atoms with Crippen LogP contribution < -0.4 is 10.6 Å². The molecule has 6 nitrogen and oxygen atoms in total. The Morgan fingerprint density at radius 1 is 1.15 bits per heavy atom. The van der Waals surface area contributed by atoms with Crippen LogP contribution in [0.25, 0.3) is 0 Å². The quantitative estimate of drug-likeness (QED) is 0.801. The number of urea groups is 1. The number of hydrogen-bond donors (Lipinski definition) is 2. The number of nitrogens with zero attached hydrogens (tertiary/aromatic N) is 1. The lowest BCUT2D eigenvalue weighted by Gasteiger charge is -2.41. The summed E-state index contributed by atoms with van der Waals surface area (Å²) in [7, 11) is 0. The fraction of sp³-hybridized carbons (Fsp3) is 0.476. The number of hydrogen-bond acceptors (Lipinski definition) is 3. The molecule has 0 spiro atoms. The monoisotopic (exact) mass is 367 g/mol. The van der Waals surface area contributed by atoms with E-state index in [1.807, 2.05) is 35.2 Å². The Labute approximate surface area is 159 Å². The third-order valence-corrected chi connectivity index (χ3v) is 6.09. The Balaban J connectivity index is 1.50. The molecule has 1 aliphatic carbocycles. The molecule has 4 amide bonds. The molecule has 2 heterocycles. The minimum absolute atomic E-state index is 0.00534. The van der Waals surface area contributed by atoms with Crippen molar-refractivity contribution >= 4 is 17.8 Å². The van der Waals surface area contributed by atoms with Crippen LogP contribution in [0.15, 0.2) is 42.0 Å². The van der Waals surface area contributed by atoms with Crippen LogP contribution in [-0.4, -0.2) is 41.4 Å². The van der Waals surface area contributed by atoms with Crippen molar-refractivity contribution in [2.75, 3.05) is 13.1 Å². The van der Waals surface area contributed by atoms with Crippen LogP contribution in [0.4, 0.5) is 4.79 Å². The maximum atomic E-state index is 12.8. The van der Waals surface area contributed by atoms with Crippen molar-refractivity contribution in [1.82, 2.24) is 15.5 Å². The molecule has 1 atom stereocenters. The van der Waals surface area contributed by atoms with Gasteiger partial charge in [0.1, 0.15) is 5.54 Å². The SMILES string of the molecule is O=C1NC(=O)C(Cc2ccccc2)(C2CCN(C(=O)C3=CCCC3)CC2)N1. The van der Waals surface area contributed by atoms with Gasteiger partial charge in [0.2, 0.25) is 5.91 Å². The van der Waals surface area contributed by atoms with E-state index in [1.165, 1.54) is 0 Å². The number of carbonyl (C=O) groups excluding carboxylic acids is 3. The van der Waals surface area contributed by atoms with Crippen molar-refractivity contribution < 1.29 is 14.4 Å². The second-order valence-corrected chi connectivity index (χ2v) is 7.73. The molecule has 2 aliphatic heterocycles. The lowest BCUT2D eigenvalue weighted by atomic mass is 9.74. The van der Waals surface area contributed by atoms with Crippen molar-refractivity contribution in [2.24, 2.45) is 5.92 Å². The molecular weight excluding hydrogens is 342 g/mol. The third-order valence-electron chi connectivity index (χ3n) is 6.09. The summed E-state index contributed by atoms with van der Waals surface area (Å²) in [6, 6.07) is 9.34. The highest BCUT2D eigenvalue weighted by Gasteiger charge is 2.52. The Morgan fingerprint density at radius 3 is 2.48 bits per heavy atom. The van der Waals surface area contributed by atoms with Crippen LogP contribution in [-0.2, 0) is 16.0 Å². The first-order chi connectivity index (χ1) is 13.1. The molecule has 2 N–H and O–H groups in total. The van der Waals surface area contributed by atoms with Gasteiger partial charge in [0.15, 0.2) is 0 Å². The second kappa shape index (κ2) is 7.18. The summed E-state index contributed by atoms with van der Waals surface area (Å²) in [5.74, 6) is -0.103. The van der Waals surface area contributed by atoms with Crippen LogP contribution in [0.2, 0.25) is 0 Å². The predicted octanol–water partition coefficient (Wildman–Crippen LogP) is 2.16.